The molecular formula is C29H38N4O6. The molecule has 0 bridgehead atoms. The molecule has 3 fully saturated rings. The zero-order valence-corrected chi connectivity index (χ0v) is 23.0. The Morgan fingerprint density at radius 2 is 2.00 bits per heavy atom. The molecule has 2 aliphatic heterocycles. The normalized spacial score (nSPS) is 28.3. The van der Waals surface area contributed by atoms with Gasteiger partial charge in [-0.05, 0) is 69.6 Å². The number of hydrogen-bond donors (Lipinski definition) is 4. The van der Waals surface area contributed by atoms with Gasteiger partial charge in [0.15, 0.2) is 5.78 Å². The number of likely N-dealkylation sites (tertiary alicyclic amines) is 1. The highest BCUT2D eigenvalue weighted by molar-refractivity contribution is 6.02. The molecule has 3 heterocycles. The molecule has 0 radical (unpaired) electrons. The van der Waals surface area contributed by atoms with Crippen molar-refractivity contribution in [3.8, 4) is 5.75 Å². The van der Waals surface area contributed by atoms with Crippen LogP contribution < -0.4 is 15.4 Å². The second-order valence-corrected chi connectivity index (χ2v) is 12.3. The topological polar surface area (TPSA) is 141 Å². The van der Waals surface area contributed by atoms with Crippen LogP contribution in [0, 0.1) is 17.3 Å². The van der Waals surface area contributed by atoms with Gasteiger partial charge in [0, 0.05) is 23.0 Å². The van der Waals surface area contributed by atoms with E-state index >= 15 is 0 Å². The molecule has 3 aliphatic rings. The number of carbonyl (C=O) groups is 4. The van der Waals surface area contributed by atoms with Gasteiger partial charge in [-0.25, -0.2) is 0 Å². The maximum Gasteiger partial charge on any atom is 0.271 e. The van der Waals surface area contributed by atoms with E-state index < -0.39 is 41.3 Å². The molecule has 1 aliphatic carbocycles. The number of rotatable bonds is 8. The zero-order chi connectivity index (χ0) is 28.1. The fourth-order valence-corrected chi connectivity index (χ4v) is 7.21. The number of fused-ring (bicyclic) bond motifs is 2. The van der Waals surface area contributed by atoms with Crippen LogP contribution in [0.1, 0.15) is 63.4 Å². The highest BCUT2D eigenvalue weighted by Crippen LogP contribution is 2.44. The van der Waals surface area contributed by atoms with Crippen LogP contribution in [0.5, 0.6) is 5.75 Å². The average molecular weight is 539 g/mol. The lowest BCUT2D eigenvalue weighted by Gasteiger charge is -2.31. The van der Waals surface area contributed by atoms with Crippen LogP contribution in [0.3, 0.4) is 0 Å². The number of aromatic amines is 1. The van der Waals surface area contributed by atoms with Crippen molar-refractivity contribution in [3.05, 3.63) is 30.0 Å². The van der Waals surface area contributed by atoms with Crippen LogP contribution in [0.25, 0.3) is 10.9 Å². The summed E-state index contributed by atoms with van der Waals surface area (Å²) in [7, 11) is 1.58. The Kier molecular flexibility index (Phi) is 6.95. The van der Waals surface area contributed by atoms with Crippen molar-refractivity contribution >= 4 is 34.4 Å². The number of ether oxygens (including phenoxy) is 1. The molecule has 10 heteroatoms. The lowest BCUT2D eigenvalue weighted by Crippen LogP contribution is -2.54. The molecule has 1 aromatic heterocycles. The summed E-state index contributed by atoms with van der Waals surface area (Å²) < 4.78 is 5.44. The monoisotopic (exact) mass is 538 g/mol. The van der Waals surface area contributed by atoms with E-state index in [1.54, 1.807) is 25.0 Å². The maximum absolute atomic E-state index is 13.9. The minimum atomic E-state index is -1.04. The summed E-state index contributed by atoms with van der Waals surface area (Å²) in [5.74, 6) is -0.593. The molecule has 3 amide bonds. The molecule has 1 saturated carbocycles. The molecule has 5 rings (SSSR count). The van der Waals surface area contributed by atoms with Crippen LogP contribution in [0.15, 0.2) is 24.3 Å². The Balaban J connectivity index is 1.40. The van der Waals surface area contributed by atoms with E-state index in [1.165, 1.54) is 0 Å². The van der Waals surface area contributed by atoms with Crippen LogP contribution in [0.2, 0.25) is 0 Å². The largest absolute Gasteiger partial charge is 0.496 e. The number of aromatic nitrogens is 1. The molecule has 2 saturated heterocycles. The Bertz CT molecular complexity index is 1320. The highest BCUT2D eigenvalue weighted by atomic mass is 16.5. The Morgan fingerprint density at radius 3 is 2.67 bits per heavy atom. The van der Waals surface area contributed by atoms with Crippen LogP contribution in [0.4, 0.5) is 0 Å². The maximum atomic E-state index is 13.9. The van der Waals surface area contributed by atoms with Gasteiger partial charge in [0.2, 0.25) is 11.8 Å². The highest BCUT2D eigenvalue weighted by Gasteiger charge is 2.52. The number of aliphatic hydroxyl groups is 1. The summed E-state index contributed by atoms with van der Waals surface area (Å²) in [6.45, 7) is 5.33. The molecule has 2 aromatic rings. The second kappa shape index (κ2) is 9.97. The SMILES string of the molecule is COc1cccc2[nH]c(C(=O)N3C[C@@H]4CCC[C@@H]4[C@H]3C(=O)NC(C[C@]3(C)CC(C)(C)NC3=O)C(=O)CO)cc12. The lowest BCUT2D eigenvalue weighted by molar-refractivity contribution is -0.134. The second-order valence-electron chi connectivity index (χ2n) is 12.3. The first-order valence-electron chi connectivity index (χ1n) is 13.7. The minimum Gasteiger partial charge on any atom is -0.496 e. The van der Waals surface area contributed by atoms with E-state index in [2.05, 4.69) is 15.6 Å². The van der Waals surface area contributed by atoms with Crippen molar-refractivity contribution in [2.45, 2.75) is 70.5 Å². The number of nitrogens with one attached hydrogen (secondary N) is 3. The smallest absolute Gasteiger partial charge is 0.271 e. The first-order chi connectivity index (χ1) is 18.5. The Hall–Kier alpha value is -3.40. The fourth-order valence-electron chi connectivity index (χ4n) is 7.21. The van der Waals surface area contributed by atoms with Crippen molar-refractivity contribution in [2.75, 3.05) is 20.3 Å². The van der Waals surface area contributed by atoms with E-state index in [0.29, 0.717) is 24.4 Å². The van der Waals surface area contributed by atoms with Crippen LogP contribution in [-0.2, 0) is 14.4 Å². The number of amides is 3. The van der Waals surface area contributed by atoms with Crippen molar-refractivity contribution in [2.24, 2.45) is 17.3 Å². The van der Waals surface area contributed by atoms with E-state index in [4.69, 9.17) is 4.74 Å². The van der Waals surface area contributed by atoms with Crippen molar-refractivity contribution in [3.63, 3.8) is 0 Å². The molecule has 210 valence electrons. The Labute approximate surface area is 227 Å². The van der Waals surface area contributed by atoms with Gasteiger partial charge in [-0.3, -0.25) is 19.2 Å². The van der Waals surface area contributed by atoms with E-state index in [1.807, 2.05) is 32.0 Å². The summed E-state index contributed by atoms with van der Waals surface area (Å²) >= 11 is 0. The van der Waals surface area contributed by atoms with Crippen molar-refractivity contribution in [1.82, 2.24) is 20.5 Å². The standard InChI is InChI=1S/C29H38N4O6/c1-28(2)15-29(3,27(38)32-28)12-21(22(35)14-34)31-25(36)24-17-8-5-7-16(17)13-33(24)26(37)20-11-18-19(30-20)9-6-10-23(18)39-4/h6,9-11,16-17,21,24,30,34H,5,7-8,12-15H2,1-4H3,(H,31,36)(H,32,38)/t16-,17-,21?,24-,29+/m0/s1. The minimum absolute atomic E-state index is 0.0120. The summed E-state index contributed by atoms with van der Waals surface area (Å²) in [4.78, 5) is 58.0. The van der Waals surface area contributed by atoms with Gasteiger partial charge in [0.1, 0.15) is 24.1 Å². The van der Waals surface area contributed by atoms with Gasteiger partial charge in [-0.15, -0.1) is 0 Å². The average Bonchev–Trinajstić information content (AvgIpc) is 3.63. The quantitative estimate of drug-likeness (QED) is 0.406. The van der Waals surface area contributed by atoms with Gasteiger partial charge >= 0.3 is 0 Å². The van der Waals surface area contributed by atoms with Crippen molar-refractivity contribution < 1.29 is 29.0 Å². The van der Waals surface area contributed by atoms with E-state index in [-0.39, 0.29) is 30.1 Å². The summed E-state index contributed by atoms with van der Waals surface area (Å²) in [6.07, 6.45) is 3.30. The molecular weight excluding hydrogens is 500 g/mol. The summed E-state index contributed by atoms with van der Waals surface area (Å²) in [6, 6.07) is 5.50. The predicted molar refractivity (Wildman–Crippen MR) is 144 cm³/mol. The van der Waals surface area contributed by atoms with Crippen molar-refractivity contribution in [1.29, 1.82) is 0 Å². The van der Waals surface area contributed by atoms with Crippen LogP contribution in [-0.4, -0.2) is 76.4 Å². The molecule has 0 spiro atoms. The van der Waals surface area contributed by atoms with Gasteiger partial charge in [0.05, 0.1) is 18.6 Å². The molecule has 4 N–H and O–H groups in total. The van der Waals surface area contributed by atoms with Crippen LogP contribution >= 0.6 is 0 Å². The third-order valence-corrected chi connectivity index (χ3v) is 8.84. The number of hydrogen-bond acceptors (Lipinski definition) is 6. The van der Waals surface area contributed by atoms with Gasteiger partial charge in [0.25, 0.3) is 5.91 Å². The third kappa shape index (κ3) is 4.90. The molecule has 1 aromatic carbocycles. The number of benzene rings is 1. The molecule has 10 nitrogen and oxygen atoms in total. The summed E-state index contributed by atoms with van der Waals surface area (Å²) in [5.41, 5.74) is -0.182. The first kappa shape index (κ1) is 27.2. The fraction of sp³-hybridized carbons (Fsp3) is 0.586. The molecule has 39 heavy (non-hydrogen) atoms. The number of ketones is 1. The number of H-pyrrole nitrogens is 1. The van der Waals surface area contributed by atoms with E-state index in [0.717, 1.165) is 30.2 Å². The summed E-state index contributed by atoms with van der Waals surface area (Å²) in [5, 5.41) is 16.3. The lowest BCUT2D eigenvalue weighted by atomic mass is 9.77. The molecule has 5 atom stereocenters. The third-order valence-electron chi connectivity index (χ3n) is 8.84. The number of nitrogens with zero attached hydrogens (tertiary/aromatic N) is 1. The number of aliphatic hydroxyl groups excluding tert-OH is 1. The zero-order valence-electron chi connectivity index (χ0n) is 23.0. The van der Waals surface area contributed by atoms with Gasteiger partial charge in [-0.1, -0.05) is 19.4 Å². The predicted octanol–water partition coefficient (Wildman–Crippen LogP) is 2.16. The molecule has 1 unspecified atom stereocenters. The number of methoxy groups -OCH3 is 1. The number of Topliss-reactive ketones (excluding diaryl/α,β-unsaturated/α-hetero) is 1. The van der Waals surface area contributed by atoms with Gasteiger partial charge in [-0.2, -0.15) is 0 Å². The number of carbonyl (C=O) groups excluding carboxylic acids is 4. The first-order valence-corrected chi connectivity index (χ1v) is 13.7. The van der Waals surface area contributed by atoms with E-state index in [9.17, 15) is 24.3 Å². The Morgan fingerprint density at radius 1 is 1.23 bits per heavy atom. The van der Waals surface area contributed by atoms with Gasteiger partial charge < -0.3 is 30.4 Å².